The van der Waals surface area contributed by atoms with Gasteiger partial charge in [-0.3, -0.25) is 0 Å². The third-order valence-corrected chi connectivity index (χ3v) is 16.7. The highest BCUT2D eigenvalue weighted by Crippen LogP contribution is 2.55. The molecule has 0 aromatic heterocycles. The molecule has 0 heterocycles. The van der Waals surface area contributed by atoms with Crippen molar-refractivity contribution in [1.82, 2.24) is 0 Å². The Balaban J connectivity index is 1.18. The van der Waals surface area contributed by atoms with Crippen LogP contribution in [0.3, 0.4) is 0 Å². The summed E-state index contributed by atoms with van der Waals surface area (Å²) in [6.45, 7) is 21.9. The van der Waals surface area contributed by atoms with Crippen molar-refractivity contribution in [1.29, 1.82) is 0 Å². The molecule has 2 heteroatoms. The summed E-state index contributed by atoms with van der Waals surface area (Å²) in [6.07, 6.45) is 0. The van der Waals surface area contributed by atoms with Gasteiger partial charge in [0.05, 0.1) is 13.7 Å². The second kappa shape index (κ2) is 18.1. The third kappa shape index (κ3) is 7.98. The number of fused-ring (bicyclic) bond motifs is 8. The number of nitrogens with zero attached hydrogens (tertiary/aromatic N) is 2. The molecule has 0 amide bonds. The Labute approximate surface area is 476 Å². The summed E-state index contributed by atoms with van der Waals surface area (Å²) in [5, 5.41) is 3.42. The summed E-state index contributed by atoms with van der Waals surface area (Å²) in [5.41, 5.74) is 16.5. The summed E-state index contributed by atoms with van der Waals surface area (Å²) < 4.78 is 91.4. The first-order valence-corrected chi connectivity index (χ1v) is 27.1. The van der Waals surface area contributed by atoms with E-state index in [9.17, 15) is 5.48 Å². The Morgan fingerprint density at radius 3 is 1.04 bits per heavy atom. The van der Waals surface area contributed by atoms with E-state index in [0.717, 1.165) is 77.2 Å². The molecule has 0 atom stereocenters. The van der Waals surface area contributed by atoms with Crippen molar-refractivity contribution in [3.63, 3.8) is 0 Å². The Morgan fingerprint density at radius 1 is 0.321 bits per heavy atom. The topological polar surface area (TPSA) is 6.48 Å². The minimum Gasteiger partial charge on any atom is -0.310 e. The van der Waals surface area contributed by atoms with E-state index in [1.807, 2.05) is 60.7 Å². The third-order valence-electron chi connectivity index (χ3n) is 16.7. The van der Waals surface area contributed by atoms with Gasteiger partial charge < -0.3 is 9.80 Å². The molecule has 78 heavy (non-hydrogen) atoms. The maximum absolute atomic E-state index is 9.51. The fourth-order valence-electron chi connectivity index (χ4n) is 12.6. The van der Waals surface area contributed by atoms with E-state index < -0.39 is 36.3 Å². The predicted molar refractivity (Wildman–Crippen MR) is 334 cm³/mol. The van der Waals surface area contributed by atoms with Crippen molar-refractivity contribution in [2.45, 2.75) is 90.9 Å². The number of hydrogen-bond acceptors (Lipinski definition) is 2. The van der Waals surface area contributed by atoms with Crippen molar-refractivity contribution >= 4 is 55.7 Å². The van der Waals surface area contributed by atoms with E-state index in [2.05, 4.69) is 178 Å². The van der Waals surface area contributed by atoms with Gasteiger partial charge in [-0.1, -0.05) is 215 Å². The number of anilines is 6. The Hall–Kier alpha value is -8.46. The normalized spacial score (nSPS) is 15.8. The first-order valence-electron chi connectivity index (χ1n) is 32.1. The van der Waals surface area contributed by atoms with Gasteiger partial charge in [0.25, 0.3) is 0 Å². The van der Waals surface area contributed by atoms with E-state index in [-0.39, 0.29) is 57.2 Å². The molecule has 0 bridgehead atoms. The minimum atomic E-state index is -0.479. The SMILES string of the molecule is [2H]c1c([2H])c([2H])c(N(c2ccc(C(C)(C)C)cc2)c2ccc3c(-c4ccc5c(c4)C(C)(C)c4ccccc4-5)c4cc(N(c5ccc(C(C)(C)C)cc5)c5c([2H])c([2H])c([2H])c([2H])c5[2H])ccc4c(-c4ccc5c(c4)C(C)(C)c4ccccc4-5)c3c2)c([2H])c1[2H]. The van der Waals surface area contributed by atoms with Crippen molar-refractivity contribution in [3.8, 4) is 44.5 Å². The molecule has 13 rings (SSSR count). The van der Waals surface area contributed by atoms with Crippen LogP contribution in [0.15, 0.2) is 230 Å². The molecule has 0 spiro atoms. The number of rotatable bonds is 8. The zero-order chi connectivity index (χ0) is 62.6. The van der Waals surface area contributed by atoms with E-state index in [1.165, 1.54) is 22.3 Å². The highest BCUT2D eigenvalue weighted by atomic mass is 15.1. The van der Waals surface area contributed by atoms with Crippen LogP contribution in [-0.4, -0.2) is 0 Å². The van der Waals surface area contributed by atoms with Crippen molar-refractivity contribution in [3.05, 3.63) is 264 Å². The molecule has 11 aromatic rings. The van der Waals surface area contributed by atoms with Crippen molar-refractivity contribution < 1.29 is 13.7 Å². The molecule has 0 saturated heterocycles. The smallest absolute Gasteiger partial charge is 0.0645 e. The highest BCUT2D eigenvalue weighted by Gasteiger charge is 2.37. The molecular weight excluding hydrogens is 941 g/mol. The Bertz CT molecular complexity index is 4400. The number of para-hydroxylation sites is 2. The standard InChI is InChI=1S/C76H68N2/c1-73(2,3)51-31-35-55(36-32-51)77(53-21-13-11-14-22-53)57-39-43-63-65(47-57)71(49-29-41-61-59-25-17-19-27-67(59)75(7,8)69(61)45-49)64-44-40-58(78(54-23-15-12-16-24-54)56-37-33-52(34-38-56)74(4,5)6)48-66(64)72(63)50-30-42-62-60-26-18-20-28-68(60)76(9,10)70(62)46-50/h11-48H,1-10H3/i11D,12D,13D,14D,15D,16D,21D,22D,23D,24D. The molecule has 0 unspecified atom stereocenters. The van der Waals surface area contributed by atoms with Crippen molar-refractivity contribution in [2.75, 3.05) is 9.80 Å². The molecule has 11 aromatic carbocycles. The van der Waals surface area contributed by atoms with Gasteiger partial charge >= 0.3 is 0 Å². The fraction of sp³-hybridized carbons (Fsp3) is 0.184. The van der Waals surface area contributed by atoms with Crippen LogP contribution in [0.25, 0.3) is 66.1 Å². The number of hydrogen-bond donors (Lipinski definition) is 0. The van der Waals surface area contributed by atoms with Crippen LogP contribution in [0.1, 0.15) is 116 Å². The van der Waals surface area contributed by atoms with Gasteiger partial charge in [-0.15, -0.1) is 0 Å². The zero-order valence-corrected chi connectivity index (χ0v) is 46.1. The van der Waals surface area contributed by atoms with E-state index in [4.69, 9.17) is 8.22 Å². The van der Waals surface area contributed by atoms with Gasteiger partial charge in [0.2, 0.25) is 0 Å². The molecule has 0 fully saturated rings. The lowest BCUT2D eigenvalue weighted by atomic mass is 9.79. The molecule has 2 aliphatic rings. The Kier molecular flexibility index (Phi) is 9.03. The average molecular weight is 1020 g/mol. The van der Waals surface area contributed by atoms with Gasteiger partial charge in [0, 0.05) is 45.0 Å². The molecule has 0 aliphatic heterocycles. The lowest BCUT2D eigenvalue weighted by Gasteiger charge is -2.29. The fourth-order valence-corrected chi connectivity index (χ4v) is 12.6. The van der Waals surface area contributed by atoms with Gasteiger partial charge in [-0.25, -0.2) is 0 Å². The van der Waals surface area contributed by atoms with Crippen LogP contribution in [0, 0.1) is 0 Å². The van der Waals surface area contributed by atoms with Crippen LogP contribution < -0.4 is 9.80 Å². The van der Waals surface area contributed by atoms with Crippen LogP contribution in [0.4, 0.5) is 34.1 Å². The van der Waals surface area contributed by atoms with E-state index in [1.54, 1.807) is 9.80 Å². The molecule has 2 nitrogen and oxygen atoms in total. The quantitative estimate of drug-likeness (QED) is 0.140. The summed E-state index contributed by atoms with van der Waals surface area (Å²) >= 11 is 0. The maximum Gasteiger partial charge on any atom is 0.0645 e. The van der Waals surface area contributed by atoms with Crippen molar-refractivity contribution in [2.24, 2.45) is 0 Å². The molecule has 0 radical (unpaired) electrons. The lowest BCUT2D eigenvalue weighted by Crippen LogP contribution is -2.15. The van der Waals surface area contributed by atoms with E-state index >= 15 is 0 Å². The van der Waals surface area contributed by atoms with Crippen LogP contribution in [0.2, 0.25) is 0 Å². The summed E-state index contributed by atoms with van der Waals surface area (Å²) in [4.78, 5) is 3.59. The summed E-state index contributed by atoms with van der Waals surface area (Å²) in [5.74, 6) is 0. The summed E-state index contributed by atoms with van der Waals surface area (Å²) in [7, 11) is 0. The number of benzene rings is 11. The van der Waals surface area contributed by atoms with Gasteiger partial charge in [-0.05, 0) is 195 Å². The monoisotopic (exact) mass is 1020 g/mol. The van der Waals surface area contributed by atoms with Gasteiger partial charge in [0.1, 0.15) is 0 Å². The molecule has 0 saturated carbocycles. The second-order valence-electron chi connectivity index (χ2n) is 24.3. The van der Waals surface area contributed by atoms with Crippen LogP contribution in [-0.2, 0) is 21.7 Å². The van der Waals surface area contributed by atoms with Gasteiger partial charge in [0.15, 0.2) is 0 Å². The first kappa shape index (κ1) is 39.0. The lowest BCUT2D eigenvalue weighted by molar-refractivity contribution is 0.590. The highest BCUT2D eigenvalue weighted by molar-refractivity contribution is 6.23. The molecule has 2 aliphatic carbocycles. The largest absolute Gasteiger partial charge is 0.310 e. The zero-order valence-electron chi connectivity index (χ0n) is 56.1. The minimum absolute atomic E-state index is 0.0156. The molecule has 0 N–H and O–H groups in total. The molecule has 382 valence electrons. The Morgan fingerprint density at radius 2 is 0.667 bits per heavy atom. The van der Waals surface area contributed by atoms with Crippen LogP contribution >= 0.6 is 0 Å². The molecular formula is C76H68N2. The van der Waals surface area contributed by atoms with Crippen LogP contribution in [0.5, 0.6) is 0 Å². The average Bonchev–Trinajstić information content (AvgIpc) is 1.20. The first-order chi connectivity index (χ1) is 41.6. The maximum atomic E-state index is 9.51. The summed E-state index contributed by atoms with van der Waals surface area (Å²) in [6, 6.07) is 54.9. The van der Waals surface area contributed by atoms with Gasteiger partial charge in [-0.2, -0.15) is 0 Å². The second-order valence-corrected chi connectivity index (χ2v) is 24.3. The van der Waals surface area contributed by atoms with E-state index in [0.29, 0.717) is 22.7 Å². The predicted octanol–water partition coefficient (Wildman–Crippen LogP) is 21.5.